The maximum Gasteiger partial charge on any atom is 0.427 e. The van der Waals surface area contributed by atoms with E-state index >= 15 is 0 Å². The van der Waals surface area contributed by atoms with Crippen LogP contribution in [-0.4, -0.2) is 6.61 Å². The summed E-state index contributed by atoms with van der Waals surface area (Å²) in [6.07, 6.45) is -1.68. The number of aryl methyl sites for hydroxylation is 3. The van der Waals surface area contributed by atoms with Gasteiger partial charge in [0.05, 0.1) is 11.7 Å². The molecule has 2 unspecified atom stereocenters. The fourth-order valence-corrected chi connectivity index (χ4v) is 3.62. The number of alkyl halides is 2. The Labute approximate surface area is 158 Å². The molecule has 27 heavy (non-hydrogen) atoms. The first-order valence-corrected chi connectivity index (χ1v) is 9.23. The summed E-state index contributed by atoms with van der Waals surface area (Å²) < 4.78 is 54.1. The van der Waals surface area contributed by atoms with Crippen molar-refractivity contribution in [3.8, 4) is 5.75 Å². The Morgan fingerprint density at radius 1 is 1.00 bits per heavy atom. The zero-order chi connectivity index (χ0) is 19.8. The van der Waals surface area contributed by atoms with Crippen LogP contribution in [0.4, 0.5) is 13.2 Å². The molecule has 2 nitrogen and oxygen atoms in total. The van der Waals surface area contributed by atoms with Crippen molar-refractivity contribution in [3.63, 3.8) is 0 Å². The minimum absolute atomic E-state index is 0.0617. The molecule has 5 heteroatoms. The van der Waals surface area contributed by atoms with E-state index in [2.05, 4.69) is 6.92 Å². The average Bonchev–Trinajstić information content (AvgIpc) is 2.57. The molecule has 0 aromatic heterocycles. The number of hydrogen-bond donors (Lipinski definition) is 0. The molecule has 0 spiro atoms. The maximum absolute atomic E-state index is 14.8. The van der Waals surface area contributed by atoms with Crippen molar-refractivity contribution >= 4 is 0 Å². The second-order valence-electron chi connectivity index (χ2n) is 7.56. The average molecular weight is 378 g/mol. The highest BCUT2D eigenvalue weighted by atomic mass is 19.3. The topological polar surface area (TPSA) is 18.5 Å². The molecule has 0 N–H and O–H groups in total. The molecule has 1 heterocycles. The second kappa shape index (κ2) is 7.55. The van der Waals surface area contributed by atoms with Gasteiger partial charge in [-0.05, 0) is 67.9 Å². The molecule has 1 saturated heterocycles. The Balaban J connectivity index is 1.87. The van der Waals surface area contributed by atoms with Crippen LogP contribution in [-0.2, 0) is 10.8 Å². The van der Waals surface area contributed by atoms with Crippen molar-refractivity contribution in [2.24, 2.45) is 5.92 Å². The zero-order valence-corrected chi connectivity index (χ0v) is 16.1. The van der Waals surface area contributed by atoms with Gasteiger partial charge in [0.2, 0.25) is 0 Å². The summed E-state index contributed by atoms with van der Waals surface area (Å²) in [5.74, 6) is -0.248. The normalized spacial score (nSPS) is 20.6. The molecule has 0 bridgehead atoms. The first-order chi connectivity index (χ1) is 12.7. The molecule has 1 aliphatic rings. The molecular formula is C22H25F3O2. The Hall–Kier alpha value is -2.01. The van der Waals surface area contributed by atoms with Crippen molar-refractivity contribution in [1.82, 2.24) is 0 Å². The third-order valence-electron chi connectivity index (χ3n) is 5.11. The fourth-order valence-electron chi connectivity index (χ4n) is 3.62. The molecule has 0 radical (unpaired) electrons. The molecule has 0 saturated carbocycles. The van der Waals surface area contributed by atoms with Crippen LogP contribution < -0.4 is 4.74 Å². The minimum Gasteiger partial charge on any atom is -0.429 e. The third-order valence-corrected chi connectivity index (χ3v) is 5.11. The van der Waals surface area contributed by atoms with Gasteiger partial charge in [-0.3, -0.25) is 0 Å². The van der Waals surface area contributed by atoms with Crippen LogP contribution in [0.1, 0.15) is 53.7 Å². The summed E-state index contributed by atoms with van der Waals surface area (Å²) in [7, 11) is 0. The van der Waals surface area contributed by atoms with E-state index in [0.717, 1.165) is 24.5 Å². The largest absolute Gasteiger partial charge is 0.429 e. The Kier molecular flexibility index (Phi) is 5.52. The molecule has 2 atom stereocenters. The van der Waals surface area contributed by atoms with E-state index in [1.165, 1.54) is 12.1 Å². The Morgan fingerprint density at radius 2 is 1.67 bits per heavy atom. The van der Waals surface area contributed by atoms with Gasteiger partial charge in [0, 0.05) is 12.7 Å². The quantitative estimate of drug-likeness (QED) is 0.616. The summed E-state index contributed by atoms with van der Waals surface area (Å²) in [4.78, 5) is 0. The van der Waals surface area contributed by atoms with Crippen LogP contribution in [0.5, 0.6) is 5.75 Å². The van der Waals surface area contributed by atoms with Gasteiger partial charge >= 0.3 is 6.11 Å². The summed E-state index contributed by atoms with van der Waals surface area (Å²) in [6, 6.07) is 7.25. The van der Waals surface area contributed by atoms with E-state index in [9.17, 15) is 13.2 Å². The number of rotatable bonds is 4. The number of benzene rings is 2. The molecule has 0 amide bonds. The molecule has 2 aromatic rings. The summed E-state index contributed by atoms with van der Waals surface area (Å²) in [6.45, 7) is 7.68. The number of hydrogen-bond acceptors (Lipinski definition) is 2. The van der Waals surface area contributed by atoms with Crippen LogP contribution in [0.25, 0.3) is 0 Å². The summed E-state index contributed by atoms with van der Waals surface area (Å²) in [5.41, 5.74) is 1.98. The van der Waals surface area contributed by atoms with Crippen molar-refractivity contribution in [2.75, 3.05) is 6.61 Å². The van der Waals surface area contributed by atoms with E-state index in [4.69, 9.17) is 9.47 Å². The van der Waals surface area contributed by atoms with Crippen LogP contribution in [0.15, 0.2) is 30.3 Å². The molecule has 3 rings (SSSR count). The van der Waals surface area contributed by atoms with Gasteiger partial charge in [-0.25, -0.2) is 4.39 Å². The fraction of sp³-hybridized carbons (Fsp3) is 0.455. The maximum atomic E-state index is 14.8. The number of ether oxygens (including phenoxy) is 2. The van der Waals surface area contributed by atoms with Gasteiger partial charge < -0.3 is 9.47 Å². The van der Waals surface area contributed by atoms with Crippen LogP contribution >= 0.6 is 0 Å². The van der Waals surface area contributed by atoms with Gasteiger partial charge in [-0.1, -0.05) is 25.1 Å². The SMILES string of the molecule is Cc1ccc(OC(F)(F)c2c(C)cc(C3CCC(C)CO3)cc2C)cc1F. The molecule has 1 fully saturated rings. The molecule has 2 aromatic carbocycles. The monoisotopic (exact) mass is 378 g/mol. The standard InChI is InChI=1S/C22H25F3O2/c1-13-5-8-20(26-12-13)17-9-15(3)21(16(4)10-17)22(24,25)27-18-7-6-14(2)19(23)11-18/h6-7,9-11,13,20H,5,8,12H2,1-4H3. The smallest absolute Gasteiger partial charge is 0.427 e. The predicted octanol–water partition coefficient (Wildman–Crippen LogP) is 6.37. The zero-order valence-electron chi connectivity index (χ0n) is 16.1. The van der Waals surface area contributed by atoms with Crippen molar-refractivity contribution < 1.29 is 22.6 Å². The van der Waals surface area contributed by atoms with Crippen LogP contribution in [0, 0.1) is 32.5 Å². The van der Waals surface area contributed by atoms with Gasteiger partial charge in [0.15, 0.2) is 0 Å². The Bertz CT molecular complexity index is 801. The molecule has 1 aliphatic heterocycles. The lowest BCUT2D eigenvalue weighted by Gasteiger charge is -2.29. The van der Waals surface area contributed by atoms with Crippen LogP contribution in [0.3, 0.4) is 0 Å². The summed E-state index contributed by atoms with van der Waals surface area (Å²) >= 11 is 0. The predicted molar refractivity (Wildman–Crippen MR) is 98.7 cm³/mol. The van der Waals surface area contributed by atoms with Gasteiger partial charge in [-0.15, -0.1) is 0 Å². The van der Waals surface area contributed by atoms with E-state index in [0.29, 0.717) is 29.2 Å². The van der Waals surface area contributed by atoms with Crippen molar-refractivity contribution in [3.05, 3.63) is 64.0 Å². The lowest BCUT2D eigenvalue weighted by Crippen LogP contribution is -2.25. The highest BCUT2D eigenvalue weighted by Gasteiger charge is 2.38. The first kappa shape index (κ1) is 19.7. The molecule has 146 valence electrons. The highest BCUT2D eigenvalue weighted by molar-refractivity contribution is 5.41. The van der Waals surface area contributed by atoms with Crippen molar-refractivity contribution in [1.29, 1.82) is 0 Å². The van der Waals surface area contributed by atoms with Gasteiger partial charge in [0.25, 0.3) is 0 Å². The molecular weight excluding hydrogens is 353 g/mol. The van der Waals surface area contributed by atoms with E-state index < -0.39 is 11.9 Å². The Morgan fingerprint density at radius 3 is 2.22 bits per heavy atom. The molecule has 0 aliphatic carbocycles. The second-order valence-corrected chi connectivity index (χ2v) is 7.56. The first-order valence-electron chi connectivity index (χ1n) is 9.23. The van der Waals surface area contributed by atoms with Gasteiger partial charge in [-0.2, -0.15) is 8.78 Å². The highest BCUT2D eigenvalue weighted by Crippen LogP contribution is 2.39. The minimum atomic E-state index is -3.56. The van der Waals surface area contributed by atoms with Crippen LogP contribution in [0.2, 0.25) is 0 Å². The lowest BCUT2D eigenvalue weighted by molar-refractivity contribution is -0.186. The van der Waals surface area contributed by atoms with Gasteiger partial charge in [0.1, 0.15) is 11.6 Å². The third kappa shape index (κ3) is 4.29. The summed E-state index contributed by atoms with van der Waals surface area (Å²) in [5, 5.41) is 0. The van der Waals surface area contributed by atoms with E-state index in [1.807, 2.05) is 0 Å². The van der Waals surface area contributed by atoms with E-state index in [-0.39, 0.29) is 17.4 Å². The number of halogens is 3. The van der Waals surface area contributed by atoms with E-state index in [1.54, 1.807) is 32.9 Å². The lowest BCUT2D eigenvalue weighted by atomic mass is 9.91. The van der Waals surface area contributed by atoms with Crippen molar-refractivity contribution in [2.45, 2.75) is 52.7 Å².